The predicted molar refractivity (Wildman–Crippen MR) is 58.8 cm³/mol. The summed E-state index contributed by atoms with van der Waals surface area (Å²) in [5.41, 5.74) is 0. The van der Waals surface area contributed by atoms with Crippen LogP contribution in [0.15, 0.2) is 24.3 Å². The van der Waals surface area contributed by atoms with Gasteiger partial charge >= 0.3 is 0 Å². The third-order valence-electron chi connectivity index (χ3n) is 2.46. The standard InChI is InChI=1S/C12H14FNO3/c13-10-3-5-11(6-4-10)16-9-12(15)14-7-1-2-8-17-14/h3-6H,1-2,7-9H2. The summed E-state index contributed by atoms with van der Waals surface area (Å²) in [6, 6.07) is 5.55. The lowest BCUT2D eigenvalue weighted by Gasteiger charge is -2.25. The third kappa shape index (κ3) is 3.42. The molecule has 1 saturated heterocycles. The Kier molecular flexibility index (Phi) is 3.93. The molecule has 1 aromatic carbocycles. The van der Waals surface area contributed by atoms with E-state index < -0.39 is 0 Å². The number of hydrogen-bond donors (Lipinski definition) is 0. The monoisotopic (exact) mass is 239 g/mol. The number of hydroxylamine groups is 2. The van der Waals surface area contributed by atoms with E-state index in [4.69, 9.17) is 9.57 Å². The number of amides is 1. The quantitative estimate of drug-likeness (QED) is 0.806. The molecule has 0 spiro atoms. The first kappa shape index (κ1) is 11.9. The maximum Gasteiger partial charge on any atom is 0.283 e. The van der Waals surface area contributed by atoms with Crippen LogP contribution in [0.3, 0.4) is 0 Å². The molecule has 0 N–H and O–H groups in total. The summed E-state index contributed by atoms with van der Waals surface area (Å²) in [6.07, 6.45) is 1.92. The highest BCUT2D eigenvalue weighted by atomic mass is 19.1. The van der Waals surface area contributed by atoms with Crippen molar-refractivity contribution >= 4 is 5.91 Å². The Morgan fingerprint density at radius 1 is 1.35 bits per heavy atom. The number of ether oxygens (including phenoxy) is 1. The molecule has 0 atom stereocenters. The number of rotatable bonds is 3. The van der Waals surface area contributed by atoms with E-state index in [1.807, 2.05) is 0 Å². The van der Waals surface area contributed by atoms with Gasteiger partial charge in [-0.05, 0) is 37.1 Å². The van der Waals surface area contributed by atoms with Gasteiger partial charge in [0.2, 0.25) is 0 Å². The van der Waals surface area contributed by atoms with E-state index in [0.29, 0.717) is 18.9 Å². The topological polar surface area (TPSA) is 38.8 Å². The molecule has 1 aliphatic rings. The third-order valence-corrected chi connectivity index (χ3v) is 2.46. The largest absolute Gasteiger partial charge is 0.484 e. The summed E-state index contributed by atoms with van der Waals surface area (Å²) >= 11 is 0. The van der Waals surface area contributed by atoms with Crippen LogP contribution in [0, 0.1) is 5.82 Å². The van der Waals surface area contributed by atoms with Crippen molar-refractivity contribution in [2.24, 2.45) is 0 Å². The Bertz CT molecular complexity index is 374. The van der Waals surface area contributed by atoms with Crippen LogP contribution in [0.25, 0.3) is 0 Å². The summed E-state index contributed by atoms with van der Waals surface area (Å²) in [7, 11) is 0. The average molecular weight is 239 g/mol. The van der Waals surface area contributed by atoms with Gasteiger partial charge in [0.15, 0.2) is 6.61 Å². The second-order valence-electron chi connectivity index (χ2n) is 3.78. The van der Waals surface area contributed by atoms with Gasteiger partial charge in [-0.15, -0.1) is 0 Å². The summed E-state index contributed by atoms with van der Waals surface area (Å²) in [5, 5.41) is 1.33. The molecule has 0 saturated carbocycles. The molecule has 1 amide bonds. The molecule has 1 aromatic rings. The van der Waals surface area contributed by atoms with E-state index in [0.717, 1.165) is 12.8 Å². The summed E-state index contributed by atoms with van der Waals surface area (Å²) in [4.78, 5) is 16.8. The Morgan fingerprint density at radius 3 is 2.76 bits per heavy atom. The highest BCUT2D eigenvalue weighted by Crippen LogP contribution is 2.12. The average Bonchev–Trinajstić information content (AvgIpc) is 2.39. The van der Waals surface area contributed by atoms with Crippen molar-refractivity contribution in [2.45, 2.75) is 12.8 Å². The molecule has 2 rings (SSSR count). The van der Waals surface area contributed by atoms with Crippen molar-refractivity contribution in [1.82, 2.24) is 5.06 Å². The molecule has 0 bridgehead atoms. The maximum absolute atomic E-state index is 12.6. The van der Waals surface area contributed by atoms with Crippen molar-refractivity contribution in [3.8, 4) is 5.75 Å². The van der Waals surface area contributed by atoms with Crippen LogP contribution >= 0.6 is 0 Å². The molecule has 0 unspecified atom stereocenters. The second kappa shape index (κ2) is 5.63. The minimum atomic E-state index is -0.331. The normalized spacial score (nSPS) is 15.7. The van der Waals surface area contributed by atoms with Gasteiger partial charge in [-0.2, -0.15) is 0 Å². The fourth-order valence-corrected chi connectivity index (χ4v) is 1.54. The first-order chi connectivity index (χ1) is 8.25. The molecule has 1 aliphatic heterocycles. The van der Waals surface area contributed by atoms with Crippen LogP contribution in [0.2, 0.25) is 0 Å². The Morgan fingerprint density at radius 2 is 2.12 bits per heavy atom. The van der Waals surface area contributed by atoms with Crippen LogP contribution in [-0.4, -0.2) is 30.7 Å². The smallest absolute Gasteiger partial charge is 0.283 e. The van der Waals surface area contributed by atoms with Gasteiger partial charge in [-0.3, -0.25) is 9.63 Å². The molecular weight excluding hydrogens is 225 g/mol. The second-order valence-corrected chi connectivity index (χ2v) is 3.78. The van der Waals surface area contributed by atoms with E-state index in [9.17, 15) is 9.18 Å². The van der Waals surface area contributed by atoms with Crippen LogP contribution < -0.4 is 4.74 Å². The Labute approximate surface area is 98.9 Å². The zero-order chi connectivity index (χ0) is 12.1. The Balaban J connectivity index is 1.81. The van der Waals surface area contributed by atoms with Gasteiger partial charge in [0.05, 0.1) is 6.61 Å². The van der Waals surface area contributed by atoms with Crippen molar-refractivity contribution in [1.29, 1.82) is 0 Å². The van der Waals surface area contributed by atoms with Gasteiger partial charge in [0.25, 0.3) is 5.91 Å². The fraction of sp³-hybridized carbons (Fsp3) is 0.417. The van der Waals surface area contributed by atoms with E-state index >= 15 is 0 Å². The van der Waals surface area contributed by atoms with Gasteiger partial charge < -0.3 is 4.74 Å². The molecule has 1 fully saturated rings. The van der Waals surface area contributed by atoms with Crippen LogP contribution in [0.1, 0.15) is 12.8 Å². The minimum Gasteiger partial charge on any atom is -0.484 e. The lowest BCUT2D eigenvalue weighted by atomic mass is 10.3. The van der Waals surface area contributed by atoms with Crippen molar-refractivity contribution in [3.63, 3.8) is 0 Å². The van der Waals surface area contributed by atoms with Crippen LogP contribution in [0.5, 0.6) is 5.75 Å². The molecule has 0 radical (unpaired) electrons. The molecule has 1 heterocycles. The Hall–Kier alpha value is -1.62. The maximum atomic E-state index is 12.6. The van der Waals surface area contributed by atoms with Gasteiger partial charge in [0.1, 0.15) is 11.6 Å². The number of carbonyl (C=O) groups excluding carboxylic acids is 1. The lowest BCUT2D eigenvalue weighted by molar-refractivity contribution is -0.198. The van der Waals surface area contributed by atoms with Gasteiger partial charge in [-0.1, -0.05) is 0 Å². The highest BCUT2D eigenvalue weighted by molar-refractivity contribution is 5.76. The van der Waals surface area contributed by atoms with Crippen molar-refractivity contribution in [2.75, 3.05) is 19.8 Å². The molecular formula is C12H14FNO3. The van der Waals surface area contributed by atoms with E-state index in [1.165, 1.54) is 29.3 Å². The fourth-order valence-electron chi connectivity index (χ4n) is 1.54. The molecule has 17 heavy (non-hydrogen) atoms. The number of carbonyl (C=O) groups is 1. The molecule has 0 aliphatic carbocycles. The van der Waals surface area contributed by atoms with Crippen LogP contribution in [-0.2, 0) is 9.63 Å². The zero-order valence-electron chi connectivity index (χ0n) is 9.39. The van der Waals surface area contributed by atoms with Gasteiger partial charge in [-0.25, -0.2) is 9.45 Å². The number of halogens is 1. The predicted octanol–water partition coefficient (Wildman–Crippen LogP) is 1.76. The van der Waals surface area contributed by atoms with Crippen molar-refractivity contribution < 1.29 is 18.8 Å². The van der Waals surface area contributed by atoms with Crippen molar-refractivity contribution in [3.05, 3.63) is 30.1 Å². The number of benzene rings is 1. The van der Waals surface area contributed by atoms with E-state index in [1.54, 1.807) is 0 Å². The molecule has 0 aromatic heterocycles. The van der Waals surface area contributed by atoms with Crippen LogP contribution in [0.4, 0.5) is 4.39 Å². The molecule has 4 nitrogen and oxygen atoms in total. The summed E-state index contributed by atoms with van der Waals surface area (Å²) in [6.45, 7) is 1.08. The molecule has 5 heteroatoms. The zero-order valence-corrected chi connectivity index (χ0v) is 9.39. The summed E-state index contributed by atoms with van der Waals surface area (Å²) in [5.74, 6) is -0.0752. The minimum absolute atomic E-state index is 0.0916. The first-order valence-corrected chi connectivity index (χ1v) is 5.57. The summed E-state index contributed by atoms with van der Waals surface area (Å²) < 4.78 is 17.9. The molecule has 92 valence electrons. The van der Waals surface area contributed by atoms with E-state index in [2.05, 4.69) is 0 Å². The van der Waals surface area contributed by atoms with E-state index in [-0.39, 0.29) is 18.3 Å². The highest BCUT2D eigenvalue weighted by Gasteiger charge is 2.17. The lowest BCUT2D eigenvalue weighted by Crippen LogP contribution is -2.38. The van der Waals surface area contributed by atoms with Gasteiger partial charge in [0, 0.05) is 6.54 Å². The SMILES string of the molecule is O=C(COc1ccc(F)cc1)N1CCCCO1. The number of nitrogens with zero attached hydrogens (tertiary/aromatic N) is 1. The number of hydrogen-bond acceptors (Lipinski definition) is 3. The first-order valence-electron chi connectivity index (χ1n) is 5.57.